The zero-order valence-electron chi connectivity index (χ0n) is 21.1. The largest absolute Gasteiger partial charge is 0.457 e. The Morgan fingerprint density at radius 1 is 1.05 bits per heavy atom. The molecule has 0 radical (unpaired) electrons. The molecule has 1 aliphatic heterocycles. The fraction of sp³-hybridized carbons (Fsp3) is 0.310. The number of amides is 1. The topological polar surface area (TPSA) is 56.6 Å². The maximum Gasteiger partial charge on any atom is 0.410 e. The van der Waals surface area contributed by atoms with E-state index >= 15 is 0 Å². The average Bonchev–Trinajstić information content (AvgIpc) is 3.22. The number of para-hydroxylation sites is 1. The summed E-state index contributed by atoms with van der Waals surface area (Å²) in [4.78, 5) is 14.5. The Labute approximate surface area is 224 Å². The molecular weight excluding hydrogens is 537 g/mol. The number of nitrogens with zero attached hydrogens (tertiary/aromatic N) is 3. The van der Waals surface area contributed by atoms with Gasteiger partial charge in [0.05, 0.1) is 16.0 Å². The van der Waals surface area contributed by atoms with Crippen LogP contribution >= 0.6 is 15.9 Å². The predicted octanol–water partition coefficient (Wildman–Crippen LogP) is 7.97. The number of fused-ring (bicyclic) bond motifs is 1. The van der Waals surface area contributed by atoms with E-state index in [2.05, 4.69) is 15.9 Å². The summed E-state index contributed by atoms with van der Waals surface area (Å²) in [5.74, 6) is 1.12. The van der Waals surface area contributed by atoms with E-state index in [-0.39, 0.29) is 18.0 Å². The highest BCUT2D eigenvalue weighted by atomic mass is 79.9. The van der Waals surface area contributed by atoms with Crippen molar-refractivity contribution in [3.63, 3.8) is 0 Å². The van der Waals surface area contributed by atoms with Crippen molar-refractivity contribution < 1.29 is 18.7 Å². The quantitative estimate of drug-likeness (QED) is 0.252. The summed E-state index contributed by atoms with van der Waals surface area (Å²) in [6.45, 7) is 6.65. The molecule has 0 saturated carbocycles. The first-order chi connectivity index (χ1) is 17.7. The van der Waals surface area contributed by atoms with E-state index in [1.165, 1.54) is 6.07 Å². The van der Waals surface area contributed by atoms with Gasteiger partial charge >= 0.3 is 6.09 Å². The fourth-order valence-corrected chi connectivity index (χ4v) is 4.92. The van der Waals surface area contributed by atoms with Gasteiger partial charge in [-0.15, -0.1) is 0 Å². The normalized spacial score (nSPS) is 16.1. The van der Waals surface area contributed by atoms with Crippen molar-refractivity contribution in [1.29, 1.82) is 0 Å². The third-order valence-corrected chi connectivity index (χ3v) is 6.86. The maximum absolute atomic E-state index is 14.7. The molecule has 0 spiro atoms. The molecule has 0 N–H and O–H groups in total. The Bertz CT molecular complexity index is 1410. The molecule has 1 fully saturated rings. The van der Waals surface area contributed by atoms with Crippen molar-refractivity contribution in [3.8, 4) is 22.8 Å². The van der Waals surface area contributed by atoms with Gasteiger partial charge in [-0.25, -0.2) is 9.18 Å². The number of hydrogen-bond donors (Lipinski definition) is 0. The Balaban J connectivity index is 1.47. The van der Waals surface area contributed by atoms with Crippen LogP contribution in [0, 0.1) is 5.82 Å². The number of rotatable bonds is 4. The van der Waals surface area contributed by atoms with Crippen molar-refractivity contribution in [3.05, 3.63) is 77.0 Å². The lowest BCUT2D eigenvalue weighted by Gasteiger charge is -2.34. The van der Waals surface area contributed by atoms with Crippen LogP contribution in [0.15, 0.2) is 71.2 Å². The third kappa shape index (κ3) is 5.64. The number of likely N-dealkylation sites (tertiary alicyclic amines) is 1. The molecule has 1 unspecified atom stereocenters. The van der Waals surface area contributed by atoms with Crippen LogP contribution in [-0.2, 0) is 4.74 Å². The van der Waals surface area contributed by atoms with Gasteiger partial charge in [-0.1, -0.05) is 18.2 Å². The molecule has 1 amide bonds. The van der Waals surface area contributed by atoms with Gasteiger partial charge in [0.15, 0.2) is 0 Å². The van der Waals surface area contributed by atoms with Crippen molar-refractivity contribution in [2.45, 2.75) is 45.3 Å². The van der Waals surface area contributed by atoms with Crippen LogP contribution in [0.1, 0.15) is 39.7 Å². The molecule has 1 atom stereocenters. The molecule has 37 heavy (non-hydrogen) atoms. The third-order valence-electron chi connectivity index (χ3n) is 6.25. The molecule has 1 aromatic heterocycles. The summed E-state index contributed by atoms with van der Waals surface area (Å²) in [5, 5.41) is 5.79. The summed E-state index contributed by atoms with van der Waals surface area (Å²) in [5.41, 5.74) is 1.76. The highest BCUT2D eigenvalue weighted by Crippen LogP contribution is 2.36. The molecule has 0 aliphatic carbocycles. The average molecular weight is 566 g/mol. The van der Waals surface area contributed by atoms with E-state index in [9.17, 15) is 9.18 Å². The minimum atomic E-state index is -0.568. The zero-order chi connectivity index (χ0) is 26.2. The molecule has 192 valence electrons. The van der Waals surface area contributed by atoms with Crippen LogP contribution in [0.25, 0.3) is 22.2 Å². The van der Waals surface area contributed by atoms with Gasteiger partial charge in [-0.3, -0.25) is 4.68 Å². The Hall–Kier alpha value is -3.39. The van der Waals surface area contributed by atoms with Crippen molar-refractivity contribution >= 4 is 32.9 Å². The van der Waals surface area contributed by atoms with Crippen LogP contribution in [0.2, 0.25) is 0 Å². The summed E-state index contributed by atoms with van der Waals surface area (Å²) in [7, 11) is 0. The minimum Gasteiger partial charge on any atom is -0.457 e. The summed E-state index contributed by atoms with van der Waals surface area (Å²) in [6, 6.07) is 20.5. The first-order valence-electron chi connectivity index (χ1n) is 12.4. The van der Waals surface area contributed by atoms with E-state index in [1.807, 2.05) is 80.1 Å². The molecule has 8 heteroatoms. The van der Waals surface area contributed by atoms with Crippen LogP contribution < -0.4 is 4.74 Å². The molecule has 6 nitrogen and oxygen atoms in total. The Morgan fingerprint density at radius 2 is 1.76 bits per heavy atom. The second kappa shape index (κ2) is 10.2. The van der Waals surface area contributed by atoms with E-state index in [4.69, 9.17) is 14.6 Å². The summed E-state index contributed by atoms with van der Waals surface area (Å²) in [6.07, 6.45) is 1.30. The lowest BCUT2D eigenvalue weighted by molar-refractivity contribution is 0.0169. The van der Waals surface area contributed by atoms with Gasteiger partial charge in [-0.2, -0.15) is 5.10 Å². The SMILES string of the molecule is CC(C)(C)OC(=O)N1CCCC(n2nc(-c3ccc(Oc4ccccc4)cc3)c3cc(Br)c(F)cc32)C1. The predicted molar refractivity (Wildman–Crippen MR) is 145 cm³/mol. The smallest absolute Gasteiger partial charge is 0.410 e. The number of hydrogen-bond acceptors (Lipinski definition) is 4. The second-order valence-electron chi connectivity index (χ2n) is 10.2. The molecule has 1 aliphatic rings. The van der Waals surface area contributed by atoms with Crippen LogP contribution in [0.5, 0.6) is 11.5 Å². The highest BCUT2D eigenvalue weighted by molar-refractivity contribution is 9.10. The van der Waals surface area contributed by atoms with Gasteiger partial charge in [-0.05, 0) is 92.0 Å². The summed E-state index contributed by atoms with van der Waals surface area (Å²) < 4.78 is 28.4. The molecule has 3 aromatic carbocycles. The zero-order valence-corrected chi connectivity index (χ0v) is 22.7. The number of ether oxygens (including phenoxy) is 2. The molecule has 0 bridgehead atoms. The minimum absolute atomic E-state index is 0.0984. The van der Waals surface area contributed by atoms with Gasteiger partial charge in [0.2, 0.25) is 0 Å². The Kier molecular flexibility index (Phi) is 6.94. The number of carbonyl (C=O) groups excluding carboxylic acids is 1. The molecule has 2 heterocycles. The van der Waals surface area contributed by atoms with Crippen LogP contribution in [-0.4, -0.2) is 39.5 Å². The lowest BCUT2D eigenvalue weighted by Crippen LogP contribution is -2.43. The number of piperidine rings is 1. The Morgan fingerprint density at radius 3 is 2.46 bits per heavy atom. The molecule has 1 saturated heterocycles. The highest BCUT2D eigenvalue weighted by Gasteiger charge is 2.30. The van der Waals surface area contributed by atoms with Gasteiger partial charge in [0, 0.05) is 30.1 Å². The number of benzene rings is 3. The monoisotopic (exact) mass is 565 g/mol. The van der Waals surface area contributed by atoms with E-state index < -0.39 is 5.60 Å². The molecule has 5 rings (SSSR count). The van der Waals surface area contributed by atoms with Crippen LogP contribution in [0.4, 0.5) is 9.18 Å². The van der Waals surface area contributed by atoms with Gasteiger partial charge in [0.25, 0.3) is 0 Å². The van der Waals surface area contributed by atoms with E-state index in [0.717, 1.165) is 35.2 Å². The molecular formula is C29H29BrFN3O3. The summed E-state index contributed by atoms with van der Waals surface area (Å²) >= 11 is 3.33. The maximum atomic E-state index is 14.7. The molecule has 4 aromatic rings. The lowest BCUT2D eigenvalue weighted by atomic mass is 10.1. The second-order valence-corrected chi connectivity index (χ2v) is 11.1. The van der Waals surface area contributed by atoms with Gasteiger partial charge < -0.3 is 14.4 Å². The number of carbonyl (C=O) groups is 1. The fourth-order valence-electron chi connectivity index (χ4n) is 4.57. The van der Waals surface area contributed by atoms with E-state index in [1.54, 1.807) is 11.0 Å². The first-order valence-corrected chi connectivity index (χ1v) is 13.2. The first kappa shape index (κ1) is 25.3. The van der Waals surface area contributed by atoms with Crippen molar-refractivity contribution in [2.24, 2.45) is 0 Å². The van der Waals surface area contributed by atoms with Crippen LogP contribution in [0.3, 0.4) is 0 Å². The standard InChI is InChI=1S/C29H29BrFN3O3/c1-29(2,3)37-28(35)33-15-7-8-20(18-33)34-26-17-25(31)24(30)16-23(26)27(32-34)19-11-13-22(14-12-19)36-21-9-5-4-6-10-21/h4-6,9-14,16-17,20H,7-8,15,18H2,1-3H3. The number of aromatic nitrogens is 2. The van der Waals surface area contributed by atoms with Crippen molar-refractivity contribution in [1.82, 2.24) is 14.7 Å². The number of halogens is 2. The van der Waals surface area contributed by atoms with Crippen molar-refractivity contribution in [2.75, 3.05) is 13.1 Å². The van der Waals surface area contributed by atoms with Gasteiger partial charge in [0.1, 0.15) is 28.6 Å². The van der Waals surface area contributed by atoms with E-state index in [0.29, 0.717) is 28.8 Å².